The fourth-order valence-electron chi connectivity index (χ4n) is 3.51. The summed E-state index contributed by atoms with van der Waals surface area (Å²) in [6.07, 6.45) is 1.61. The number of nitrogens with two attached hydrogens (primary N) is 1. The lowest BCUT2D eigenvalue weighted by Crippen LogP contribution is -2.03. The highest BCUT2D eigenvalue weighted by atomic mass is 16.5. The number of nitrogen functional groups attached to an aromatic ring is 1. The maximum Gasteiger partial charge on any atom is 0.220 e. The molecular formula is C22H18N4O. The lowest BCUT2D eigenvalue weighted by molar-refractivity contribution is 0.357. The Morgan fingerprint density at radius 3 is 2.70 bits per heavy atom. The van der Waals surface area contributed by atoms with Crippen molar-refractivity contribution in [3.8, 4) is 17.0 Å². The molecule has 0 saturated carbocycles. The van der Waals surface area contributed by atoms with E-state index in [1.54, 1.807) is 0 Å². The van der Waals surface area contributed by atoms with Crippen LogP contribution in [0.1, 0.15) is 16.8 Å². The Balaban J connectivity index is 1.62. The topological polar surface area (TPSA) is 73.9 Å². The first kappa shape index (κ1) is 15.8. The number of aromatic nitrogens is 3. The molecule has 1 aliphatic heterocycles. The Morgan fingerprint density at radius 1 is 0.926 bits per heavy atom. The van der Waals surface area contributed by atoms with Crippen LogP contribution in [-0.2, 0) is 12.8 Å². The van der Waals surface area contributed by atoms with E-state index in [2.05, 4.69) is 28.2 Å². The predicted octanol–water partition coefficient (Wildman–Crippen LogP) is 3.80. The molecule has 5 rings (SSSR count). The van der Waals surface area contributed by atoms with Crippen LogP contribution in [0.25, 0.3) is 22.3 Å². The molecule has 27 heavy (non-hydrogen) atoms. The molecule has 1 aliphatic rings. The van der Waals surface area contributed by atoms with Crippen molar-refractivity contribution >= 4 is 17.0 Å². The summed E-state index contributed by atoms with van der Waals surface area (Å²) in [7, 11) is 0. The summed E-state index contributed by atoms with van der Waals surface area (Å²) in [5.74, 6) is 1.25. The van der Waals surface area contributed by atoms with Gasteiger partial charge in [-0.3, -0.25) is 0 Å². The van der Waals surface area contributed by atoms with E-state index in [4.69, 9.17) is 15.5 Å². The molecule has 0 aliphatic carbocycles. The molecular weight excluding hydrogens is 336 g/mol. The van der Waals surface area contributed by atoms with E-state index in [0.717, 1.165) is 46.8 Å². The normalized spacial score (nSPS) is 12.7. The molecule has 132 valence electrons. The van der Waals surface area contributed by atoms with Gasteiger partial charge in [-0.05, 0) is 41.5 Å². The molecule has 4 aromatic rings. The Labute approximate surface area is 156 Å². The van der Waals surface area contributed by atoms with E-state index in [1.807, 2.05) is 42.5 Å². The third kappa shape index (κ3) is 2.97. The molecule has 0 amide bonds. The van der Waals surface area contributed by atoms with E-state index in [9.17, 15) is 0 Å². The number of anilines is 1. The maximum absolute atomic E-state index is 5.93. The zero-order chi connectivity index (χ0) is 18.2. The van der Waals surface area contributed by atoms with E-state index in [-0.39, 0.29) is 5.95 Å². The summed E-state index contributed by atoms with van der Waals surface area (Å²) in [5, 5.41) is 0. The molecule has 2 aromatic heterocycles. The molecule has 0 unspecified atom stereocenters. The number of hydrogen-bond acceptors (Lipinski definition) is 5. The van der Waals surface area contributed by atoms with Gasteiger partial charge in [-0.1, -0.05) is 30.3 Å². The highest BCUT2D eigenvalue weighted by Crippen LogP contribution is 2.30. The van der Waals surface area contributed by atoms with Gasteiger partial charge in [-0.15, -0.1) is 0 Å². The van der Waals surface area contributed by atoms with Crippen molar-refractivity contribution in [2.75, 3.05) is 12.3 Å². The average molecular weight is 354 g/mol. The van der Waals surface area contributed by atoms with Crippen molar-refractivity contribution in [3.05, 3.63) is 77.5 Å². The molecule has 5 nitrogen and oxygen atoms in total. The van der Waals surface area contributed by atoms with Gasteiger partial charge in [0.25, 0.3) is 0 Å². The smallest absolute Gasteiger partial charge is 0.220 e. The number of pyridine rings is 1. The van der Waals surface area contributed by atoms with Crippen LogP contribution in [0.15, 0.2) is 60.7 Å². The number of rotatable bonds is 3. The summed E-state index contributed by atoms with van der Waals surface area (Å²) in [6, 6.07) is 20.4. The Morgan fingerprint density at radius 2 is 1.81 bits per heavy atom. The van der Waals surface area contributed by atoms with Crippen molar-refractivity contribution in [2.24, 2.45) is 0 Å². The van der Waals surface area contributed by atoms with E-state index >= 15 is 0 Å². The summed E-state index contributed by atoms with van der Waals surface area (Å²) in [5.41, 5.74) is 12.7. The average Bonchev–Trinajstić information content (AvgIpc) is 3.16. The molecule has 3 heterocycles. The van der Waals surface area contributed by atoms with Crippen molar-refractivity contribution < 1.29 is 4.74 Å². The molecule has 0 atom stereocenters. The van der Waals surface area contributed by atoms with Crippen LogP contribution < -0.4 is 10.5 Å². The third-order valence-electron chi connectivity index (χ3n) is 4.83. The molecule has 0 fully saturated rings. The van der Waals surface area contributed by atoms with Crippen LogP contribution >= 0.6 is 0 Å². The van der Waals surface area contributed by atoms with Crippen LogP contribution in [-0.4, -0.2) is 21.6 Å². The van der Waals surface area contributed by atoms with Crippen molar-refractivity contribution in [1.29, 1.82) is 0 Å². The summed E-state index contributed by atoms with van der Waals surface area (Å²) < 4.78 is 5.60. The van der Waals surface area contributed by atoms with Gasteiger partial charge in [0, 0.05) is 18.4 Å². The van der Waals surface area contributed by atoms with Gasteiger partial charge >= 0.3 is 0 Å². The molecule has 0 saturated heterocycles. The first-order valence-corrected chi connectivity index (χ1v) is 8.99. The second-order valence-corrected chi connectivity index (χ2v) is 6.68. The SMILES string of the molecule is Nc1nc(Cc2ccccc2)c2nc(-c3ccc4c(c3)CCO4)ccc2n1. The maximum atomic E-state index is 5.93. The summed E-state index contributed by atoms with van der Waals surface area (Å²) >= 11 is 0. The van der Waals surface area contributed by atoms with E-state index in [1.165, 1.54) is 11.1 Å². The molecule has 2 N–H and O–H groups in total. The third-order valence-corrected chi connectivity index (χ3v) is 4.83. The van der Waals surface area contributed by atoms with Gasteiger partial charge in [0.1, 0.15) is 11.3 Å². The molecule has 2 aromatic carbocycles. The van der Waals surface area contributed by atoms with Gasteiger partial charge in [0.2, 0.25) is 5.95 Å². The summed E-state index contributed by atoms with van der Waals surface area (Å²) in [6.45, 7) is 0.748. The number of hydrogen-bond donors (Lipinski definition) is 1. The second-order valence-electron chi connectivity index (χ2n) is 6.68. The fourth-order valence-corrected chi connectivity index (χ4v) is 3.51. The van der Waals surface area contributed by atoms with Crippen LogP contribution in [0.5, 0.6) is 5.75 Å². The van der Waals surface area contributed by atoms with Crippen molar-refractivity contribution in [3.63, 3.8) is 0 Å². The van der Waals surface area contributed by atoms with Gasteiger partial charge in [0.15, 0.2) is 0 Å². The number of fused-ring (bicyclic) bond motifs is 2. The van der Waals surface area contributed by atoms with Crippen LogP contribution in [0.3, 0.4) is 0 Å². The van der Waals surface area contributed by atoms with E-state index in [0.29, 0.717) is 6.42 Å². The largest absolute Gasteiger partial charge is 0.493 e. The van der Waals surface area contributed by atoms with Crippen molar-refractivity contribution in [2.45, 2.75) is 12.8 Å². The summed E-state index contributed by atoms with van der Waals surface area (Å²) in [4.78, 5) is 13.7. The number of ether oxygens (including phenoxy) is 1. The highest BCUT2D eigenvalue weighted by Gasteiger charge is 2.15. The Bertz CT molecular complexity index is 1140. The fraction of sp³-hybridized carbons (Fsp3) is 0.136. The van der Waals surface area contributed by atoms with Gasteiger partial charge in [-0.25, -0.2) is 15.0 Å². The molecule has 5 heteroatoms. The lowest BCUT2D eigenvalue weighted by Gasteiger charge is -2.09. The zero-order valence-electron chi connectivity index (χ0n) is 14.7. The molecule has 0 spiro atoms. The second kappa shape index (κ2) is 6.36. The number of nitrogens with zero attached hydrogens (tertiary/aromatic N) is 3. The zero-order valence-corrected chi connectivity index (χ0v) is 14.7. The minimum absolute atomic E-state index is 0.276. The van der Waals surface area contributed by atoms with Crippen LogP contribution in [0.2, 0.25) is 0 Å². The lowest BCUT2D eigenvalue weighted by atomic mass is 10.0. The highest BCUT2D eigenvalue weighted by molar-refractivity contribution is 5.81. The van der Waals surface area contributed by atoms with E-state index < -0.39 is 0 Å². The quantitative estimate of drug-likeness (QED) is 0.606. The Hall–Kier alpha value is -3.47. The van der Waals surface area contributed by atoms with Gasteiger partial charge in [-0.2, -0.15) is 0 Å². The van der Waals surface area contributed by atoms with Crippen molar-refractivity contribution in [1.82, 2.24) is 15.0 Å². The minimum Gasteiger partial charge on any atom is -0.493 e. The predicted molar refractivity (Wildman–Crippen MR) is 106 cm³/mol. The first-order chi connectivity index (χ1) is 13.3. The van der Waals surface area contributed by atoms with Crippen LogP contribution in [0.4, 0.5) is 5.95 Å². The first-order valence-electron chi connectivity index (χ1n) is 8.99. The molecule has 0 bridgehead atoms. The van der Waals surface area contributed by atoms with Gasteiger partial charge in [0.05, 0.1) is 23.5 Å². The minimum atomic E-state index is 0.276. The monoisotopic (exact) mass is 354 g/mol. The number of benzene rings is 2. The van der Waals surface area contributed by atoms with Gasteiger partial charge < -0.3 is 10.5 Å². The molecule has 0 radical (unpaired) electrons. The van der Waals surface area contributed by atoms with Crippen LogP contribution in [0, 0.1) is 0 Å². The Kier molecular flexibility index (Phi) is 3.71. The standard InChI is InChI=1S/C22H18N4O/c23-22-25-18-8-7-17(15-6-9-20-16(13-15)10-11-27-20)24-21(18)19(26-22)12-14-4-2-1-3-5-14/h1-9,13H,10-12H2,(H2,23,25,26).